The first-order valence-electron chi connectivity index (χ1n) is 7.08. The normalized spacial score (nSPS) is 18.5. The molecule has 0 spiro atoms. The van der Waals surface area contributed by atoms with Gasteiger partial charge in [0.05, 0.1) is 36.5 Å². The van der Waals surface area contributed by atoms with E-state index in [1.807, 2.05) is 20.9 Å². The minimum absolute atomic E-state index is 0.0535. The molecule has 1 aromatic heterocycles. The molecule has 1 saturated heterocycles. The van der Waals surface area contributed by atoms with Crippen molar-refractivity contribution < 1.29 is 19.4 Å². The first kappa shape index (κ1) is 16.8. The van der Waals surface area contributed by atoms with E-state index in [0.29, 0.717) is 19.8 Å². The Morgan fingerprint density at radius 3 is 2.73 bits per heavy atom. The third-order valence-electron chi connectivity index (χ3n) is 3.80. The minimum atomic E-state index is -0.907. The van der Waals surface area contributed by atoms with Gasteiger partial charge in [-0.1, -0.05) is 0 Å². The fourth-order valence-electron chi connectivity index (χ4n) is 2.72. The molecule has 7 nitrogen and oxygen atoms in total. The van der Waals surface area contributed by atoms with Crippen molar-refractivity contribution >= 4 is 23.6 Å². The number of amides is 1. The Balaban J connectivity index is 2.14. The number of ether oxygens (including phenoxy) is 1. The smallest absolute Gasteiger partial charge is 0.313 e. The number of hydrogen-bond acceptors (Lipinski definition) is 5. The fraction of sp³-hybridized carbons (Fsp3) is 0.643. The number of carboxylic acid groups (broad SMARTS) is 1. The van der Waals surface area contributed by atoms with Crippen LogP contribution in [0, 0.1) is 13.8 Å². The molecule has 0 aliphatic carbocycles. The third kappa shape index (κ3) is 3.61. The van der Waals surface area contributed by atoms with Gasteiger partial charge in [-0.2, -0.15) is 5.10 Å². The largest absolute Gasteiger partial charge is 0.481 e. The van der Waals surface area contributed by atoms with Crippen molar-refractivity contribution in [3.8, 4) is 0 Å². The van der Waals surface area contributed by atoms with Gasteiger partial charge in [0.15, 0.2) is 0 Å². The van der Waals surface area contributed by atoms with Crippen LogP contribution < -0.4 is 0 Å². The number of aryl methyl sites for hydroxylation is 2. The van der Waals surface area contributed by atoms with E-state index in [4.69, 9.17) is 9.84 Å². The number of carbonyl (C=O) groups excluding carboxylic acids is 1. The molecule has 22 heavy (non-hydrogen) atoms. The Hall–Kier alpha value is -1.54. The van der Waals surface area contributed by atoms with Crippen molar-refractivity contribution in [3.63, 3.8) is 0 Å². The highest BCUT2D eigenvalue weighted by Gasteiger charge is 2.32. The van der Waals surface area contributed by atoms with Crippen LogP contribution in [0.5, 0.6) is 0 Å². The highest BCUT2D eigenvalue weighted by Crippen LogP contribution is 2.29. The zero-order valence-corrected chi connectivity index (χ0v) is 13.9. The zero-order valence-electron chi connectivity index (χ0n) is 13.0. The van der Waals surface area contributed by atoms with Gasteiger partial charge in [-0.25, -0.2) is 0 Å². The molecule has 0 aromatic carbocycles. The van der Waals surface area contributed by atoms with Gasteiger partial charge in [0, 0.05) is 24.8 Å². The van der Waals surface area contributed by atoms with E-state index in [9.17, 15) is 9.59 Å². The highest BCUT2D eigenvalue weighted by molar-refractivity contribution is 8.00. The number of rotatable bonds is 5. The summed E-state index contributed by atoms with van der Waals surface area (Å²) in [6, 6.07) is -0.152. The molecule has 1 aromatic rings. The van der Waals surface area contributed by atoms with Crippen molar-refractivity contribution in [1.29, 1.82) is 0 Å². The van der Waals surface area contributed by atoms with Crippen LogP contribution >= 0.6 is 11.8 Å². The summed E-state index contributed by atoms with van der Waals surface area (Å²) in [6.07, 6.45) is 0. The zero-order chi connectivity index (χ0) is 16.3. The summed E-state index contributed by atoms with van der Waals surface area (Å²) in [4.78, 5) is 24.8. The fourth-order valence-corrected chi connectivity index (χ4v) is 3.34. The molecule has 1 aliphatic rings. The summed E-state index contributed by atoms with van der Waals surface area (Å²) in [7, 11) is 1.88. The average molecular weight is 327 g/mol. The average Bonchev–Trinajstić information content (AvgIpc) is 2.71. The van der Waals surface area contributed by atoms with Crippen molar-refractivity contribution in [1.82, 2.24) is 14.7 Å². The summed E-state index contributed by atoms with van der Waals surface area (Å²) >= 11 is 1.12. The second-order valence-electron chi connectivity index (χ2n) is 5.27. The van der Waals surface area contributed by atoms with Crippen molar-refractivity contribution in [3.05, 3.63) is 17.0 Å². The van der Waals surface area contributed by atoms with Crippen LogP contribution in [0.1, 0.15) is 23.0 Å². The molecule has 1 unspecified atom stereocenters. The number of hydrogen-bond donors (Lipinski definition) is 1. The van der Waals surface area contributed by atoms with Gasteiger partial charge in [-0.15, -0.1) is 11.8 Å². The lowest BCUT2D eigenvalue weighted by Gasteiger charge is -2.36. The number of carboxylic acids is 1. The molecule has 1 aliphatic heterocycles. The number of morpholine rings is 1. The summed E-state index contributed by atoms with van der Waals surface area (Å²) in [5.74, 6) is -0.857. The van der Waals surface area contributed by atoms with Crippen LogP contribution in [0.4, 0.5) is 0 Å². The predicted molar refractivity (Wildman–Crippen MR) is 82.9 cm³/mol. The van der Waals surface area contributed by atoms with Crippen LogP contribution in [-0.4, -0.2) is 62.9 Å². The second kappa shape index (κ2) is 7.15. The monoisotopic (exact) mass is 327 g/mol. The molecule has 1 amide bonds. The molecule has 0 bridgehead atoms. The van der Waals surface area contributed by atoms with Crippen LogP contribution in [0.3, 0.4) is 0 Å². The molecule has 2 heterocycles. The topological polar surface area (TPSA) is 84.7 Å². The van der Waals surface area contributed by atoms with Gasteiger partial charge in [-0.3, -0.25) is 14.3 Å². The Labute approximate surface area is 133 Å². The maximum absolute atomic E-state index is 12.4. The van der Waals surface area contributed by atoms with E-state index in [1.54, 1.807) is 9.58 Å². The molecule has 0 saturated carbocycles. The molecule has 0 radical (unpaired) electrons. The van der Waals surface area contributed by atoms with Gasteiger partial charge in [0.25, 0.3) is 0 Å². The van der Waals surface area contributed by atoms with Gasteiger partial charge < -0.3 is 14.7 Å². The van der Waals surface area contributed by atoms with Crippen LogP contribution in [0.25, 0.3) is 0 Å². The number of aliphatic carboxylic acids is 1. The van der Waals surface area contributed by atoms with E-state index in [0.717, 1.165) is 28.7 Å². The summed E-state index contributed by atoms with van der Waals surface area (Å²) < 4.78 is 7.35. The maximum atomic E-state index is 12.4. The van der Waals surface area contributed by atoms with Crippen molar-refractivity contribution in [2.45, 2.75) is 19.9 Å². The lowest BCUT2D eigenvalue weighted by molar-refractivity contribution is -0.137. The summed E-state index contributed by atoms with van der Waals surface area (Å²) in [6.45, 7) is 5.38. The van der Waals surface area contributed by atoms with Crippen LogP contribution in [0.15, 0.2) is 0 Å². The lowest BCUT2D eigenvalue weighted by Crippen LogP contribution is -2.44. The van der Waals surface area contributed by atoms with Crippen LogP contribution in [0.2, 0.25) is 0 Å². The SMILES string of the molecule is Cc1nn(C)c(C)c1C1COCCN1C(=O)CSCC(=O)O. The molecular formula is C14H21N3O4S. The summed E-state index contributed by atoms with van der Waals surface area (Å²) in [5.41, 5.74) is 2.94. The Kier molecular flexibility index (Phi) is 5.47. The van der Waals surface area contributed by atoms with E-state index < -0.39 is 5.97 Å². The van der Waals surface area contributed by atoms with E-state index in [2.05, 4.69) is 5.10 Å². The quantitative estimate of drug-likeness (QED) is 0.859. The first-order chi connectivity index (χ1) is 10.4. The Morgan fingerprint density at radius 1 is 1.41 bits per heavy atom. The van der Waals surface area contributed by atoms with Gasteiger partial charge in [0.1, 0.15) is 0 Å². The van der Waals surface area contributed by atoms with Gasteiger partial charge in [0.2, 0.25) is 5.91 Å². The third-order valence-corrected chi connectivity index (χ3v) is 4.70. The molecule has 8 heteroatoms. The van der Waals surface area contributed by atoms with Crippen molar-refractivity contribution in [2.24, 2.45) is 7.05 Å². The maximum Gasteiger partial charge on any atom is 0.313 e. The summed E-state index contributed by atoms with van der Waals surface area (Å²) in [5, 5.41) is 13.1. The Morgan fingerprint density at radius 2 is 2.14 bits per heavy atom. The lowest BCUT2D eigenvalue weighted by atomic mass is 10.0. The van der Waals surface area contributed by atoms with E-state index >= 15 is 0 Å². The van der Waals surface area contributed by atoms with E-state index in [1.165, 1.54) is 0 Å². The first-order valence-corrected chi connectivity index (χ1v) is 8.24. The number of nitrogens with zero attached hydrogens (tertiary/aromatic N) is 3. The number of thioether (sulfide) groups is 1. The molecule has 122 valence electrons. The second-order valence-corrected chi connectivity index (χ2v) is 6.26. The van der Waals surface area contributed by atoms with Crippen LogP contribution in [-0.2, 0) is 21.4 Å². The van der Waals surface area contributed by atoms with Gasteiger partial charge >= 0.3 is 5.97 Å². The molecule has 1 atom stereocenters. The number of carbonyl (C=O) groups is 2. The predicted octanol–water partition coefficient (Wildman–Crippen LogP) is 0.755. The standard InChI is InChI=1S/C14H21N3O4S/c1-9-14(10(2)16(3)15-9)11-6-21-5-4-17(11)12(18)7-22-8-13(19)20/h11H,4-8H2,1-3H3,(H,19,20). The number of aromatic nitrogens is 2. The highest BCUT2D eigenvalue weighted by atomic mass is 32.2. The molecule has 2 rings (SSSR count). The van der Waals surface area contributed by atoms with E-state index in [-0.39, 0.29) is 23.5 Å². The Bertz CT molecular complexity index is 573. The minimum Gasteiger partial charge on any atom is -0.481 e. The van der Waals surface area contributed by atoms with Crippen molar-refractivity contribution in [2.75, 3.05) is 31.3 Å². The molecular weight excluding hydrogens is 306 g/mol. The molecule has 1 fully saturated rings. The van der Waals surface area contributed by atoms with Gasteiger partial charge in [-0.05, 0) is 13.8 Å². The molecule has 1 N–H and O–H groups in total.